The number of aromatic nitrogens is 1. The van der Waals surface area contributed by atoms with Crippen LogP contribution >= 0.6 is 0 Å². The molecule has 4 aromatic rings. The zero-order chi connectivity index (χ0) is 24.3. The van der Waals surface area contributed by atoms with Crippen molar-refractivity contribution in [3.05, 3.63) is 107 Å². The molecule has 4 rings (SSSR count). The predicted molar refractivity (Wildman–Crippen MR) is 124 cm³/mol. The van der Waals surface area contributed by atoms with E-state index >= 15 is 0 Å². The second kappa shape index (κ2) is 9.71. The maximum Gasteiger partial charge on any atom is 0.416 e. The molecule has 0 radical (unpaired) electrons. The molecule has 1 atom stereocenters. The normalized spacial score (nSPS) is 12.6. The maximum atomic E-state index is 14.0. The molecule has 0 saturated carbocycles. The lowest BCUT2D eigenvalue weighted by Crippen LogP contribution is -2.25. The summed E-state index contributed by atoms with van der Waals surface area (Å²) < 4.78 is 53.0. The van der Waals surface area contributed by atoms with Crippen LogP contribution in [0.4, 0.5) is 17.6 Å². The van der Waals surface area contributed by atoms with Crippen molar-refractivity contribution in [1.29, 1.82) is 0 Å². The Morgan fingerprint density at radius 2 is 1.79 bits per heavy atom. The SMILES string of the molecule is CCc1cccc2c(C(CC(=O)NCc3cccc(C(F)(F)F)c3)c3cccc(F)c3)c[nH]c12. The molecule has 3 nitrogen and oxygen atoms in total. The average molecular weight is 468 g/mol. The van der Waals surface area contributed by atoms with Crippen molar-refractivity contribution in [2.45, 2.75) is 38.4 Å². The van der Waals surface area contributed by atoms with Crippen molar-refractivity contribution in [2.75, 3.05) is 0 Å². The number of carbonyl (C=O) groups is 1. The van der Waals surface area contributed by atoms with Crippen LogP contribution in [-0.2, 0) is 23.9 Å². The number of aryl methyl sites for hydroxylation is 1. The average Bonchev–Trinajstić information content (AvgIpc) is 3.25. The highest BCUT2D eigenvalue weighted by molar-refractivity contribution is 5.88. The zero-order valence-corrected chi connectivity index (χ0v) is 18.5. The van der Waals surface area contributed by atoms with Gasteiger partial charge in [-0.25, -0.2) is 4.39 Å². The van der Waals surface area contributed by atoms with E-state index in [0.717, 1.165) is 40.6 Å². The molecular formula is C27H24F4N2O. The van der Waals surface area contributed by atoms with Crippen LogP contribution in [0.25, 0.3) is 10.9 Å². The minimum atomic E-state index is -4.45. The number of H-pyrrole nitrogens is 1. The van der Waals surface area contributed by atoms with Gasteiger partial charge >= 0.3 is 6.18 Å². The van der Waals surface area contributed by atoms with Crippen LogP contribution in [-0.4, -0.2) is 10.9 Å². The number of benzene rings is 3. The van der Waals surface area contributed by atoms with E-state index in [-0.39, 0.29) is 18.9 Å². The Morgan fingerprint density at radius 1 is 1.03 bits per heavy atom. The largest absolute Gasteiger partial charge is 0.416 e. The monoisotopic (exact) mass is 468 g/mol. The first-order valence-corrected chi connectivity index (χ1v) is 11.0. The molecule has 0 aliphatic heterocycles. The third-order valence-electron chi connectivity index (χ3n) is 5.97. The van der Waals surface area contributed by atoms with Gasteiger partial charge in [0.25, 0.3) is 0 Å². The van der Waals surface area contributed by atoms with Gasteiger partial charge in [0, 0.05) is 36.0 Å². The Hall–Kier alpha value is -3.61. The number of hydrogen-bond acceptors (Lipinski definition) is 1. The van der Waals surface area contributed by atoms with Crippen LogP contribution in [0.3, 0.4) is 0 Å². The third-order valence-corrected chi connectivity index (χ3v) is 5.97. The highest BCUT2D eigenvalue weighted by Crippen LogP contribution is 2.35. The van der Waals surface area contributed by atoms with Crippen LogP contribution in [0, 0.1) is 5.82 Å². The molecular weight excluding hydrogens is 444 g/mol. The van der Waals surface area contributed by atoms with Gasteiger partial charge in [-0.2, -0.15) is 13.2 Å². The summed E-state index contributed by atoms with van der Waals surface area (Å²) in [7, 11) is 0. The number of para-hydroxylation sites is 1. The number of halogens is 4. The Kier molecular flexibility index (Phi) is 6.72. The van der Waals surface area contributed by atoms with Gasteiger partial charge in [0.05, 0.1) is 5.56 Å². The van der Waals surface area contributed by atoms with E-state index in [4.69, 9.17) is 0 Å². The van der Waals surface area contributed by atoms with Crippen molar-refractivity contribution in [3.63, 3.8) is 0 Å². The lowest BCUT2D eigenvalue weighted by Gasteiger charge is -2.18. The summed E-state index contributed by atoms with van der Waals surface area (Å²) in [4.78, 5) is 16.2. The number of fused-ring (bicyclic) bond motifs is 1. The second-order valence-corrected chi connectivity index (χ2v) is 8.22. The summed E-state index contributed by atoms with van der Waals surface area (Å²) in [6.45, 7) is 2.02. The van der Waals surface area contributed by atoms with Gasteiger partial charge in [-0.05, 0) is 52.9 Å². The highest BCUT2D eigenvalue weighted by atomic mass is 19.4. The topological polar surface area (TPSA) is 44.9 Å². The van der Waals surface area contributed by atoms with E-state index in [0.29, 0.717) is 11.1 Å². The van der Waals surface area contributed by atoms with Gasteiger partial charge in [-0.3, -0.25) is 4.79 Å². The number of aromatic amines is 1. The first-order chi connectivity index (χ1) is 16.3. The second-order valence-electron chi connectivity index (χ2n) is 8.22. The fraction of sp³-hybridized carbons (Fsp3) is 0.222. The van der Waals surface area contributed by atoms with Crippen molar-refractivity contribution in [3.8, 4) is 0 Å². The number of amides is 1. The lowest BCUT2D eigenvalue weighted by atomic mass is 9.87. The van der Waals surface area contributed by atoms with Crippen LogP contribution in [0.15, 0.2) is 72.9 Å². The maximum absolute atomic E-state index is 14.0. The smallest absolute Gasteiger partial charge is 0.361 e. The molecule has 0 fully saturated rings. The Morgan fingerprint density at radius 3 is 2.53 bits per heavy atom. The first kappa shape index (κ1) is 23.5. The summed E-state index contributed by atoms with van der Waals surface area (Å²) in [5, 5.41) is 3.67. The molecule has 2 N–H and O–H groups in total. The Bertz CT molecular complexity index is 1310. The molecule has 0 spiro atoms. The molecule has 1 heterocycles. The molecule has 34 heavy (non-hydrogen) atoms. The quantitative estimate of drug-likeness (QED) is 0.290. The van der Waals surface area contributed by atoms with Crippen molar-refractivity contribution in [2.24, 2.45) is 0 Å². The van der Waals surface area contributed by atoms with E-state index in [9.17, 15) is 22.4 Å². The van der Waals surface area contributed by atoms with Gasteiger partial charge in [0.1, 0.15) is 5.82 Å². The summed E-state index contributed by atoms with van der Waals surface area (Å²) in [6.07, 6.45) is -1.75. The van der Waals surface area contributed by atoms with E-state index < -0.39 is 23.5 Å². The van der Waals surface area contributed by atoms with Gasteiger partial charge in [0.15, 0.2) is 0 Å². The number of carbonyl (C=O) groups excluding carboxylic acids is 1. The summed E-state index contributed by atoms with van der Waals surface area (Å²) in [5.41, 5.74) is 3.22. The van der Waals surface area contributed by atoms with Crippen molar-refractivity contribution < 1.29 is 22.4 Å². The van der Waals surface area contributed by atoms with Crippen LogP contribution in [0.2, 0.25) is 0 Å². The minimum Gasteiger partial charge on any atom is -0.361 e. The Balaban J connectivity index is 1.60. The molecule has 0 aliphatic rings. The predicted octanol–water partition coefficient (Wildman–Crippen LogP) is 6.73. The standard InChI is InChI=1S/C27H24F4N2O/c1-2-18-7-5-11-22-24(16-33-26(18)22)23(19-8-4-10-21(28)13-19)14-25(34)32-15-17-6-3-9-20(12-17)27(29,30)31/h3-13,16,23,33H,2,14-15H2,1H3,(H,32,34). The molecule has 0 bridgehead atoms. The molecule has 1 amide bonds. The first-order valence-electron chi connectivity index (χ1n) is 11.0. The van der Waals surface area contributed by atoms with E-state index in [1.807, 2.05) is 24.4 Å². The lowest BCUT2D eigenvalue weighted by molar-refractivity contribution is -0.137. The van der Waals surface area contributed by atoms with Gasteiger partial charge in [0.2, 0.25) is 5.91 Å². The molecule has 176 valence electrons. The molecule has 7 heteroatoms. The van der Waals surface area contributed by atoms with E-state index in [1.54, 1.807) is 12.1 Å². The summed E-state index contributed by atoms with van der Waals surface area (Å²) in [6, 6.07) is 16.9. The van der Waals surface area contributed by atoms with E-state index in [2.05, 4.69) is 17.2 Å². The molecule has 1 aromatic heterocycles. The number of hydrogen-bond donors (Lipinski definition) is 2. The number of nitrogens with one attached hydrogen (secondary N) is 2. The van der Waals surface area contributed by atoms with Crippen LogP contribution in [0.5, 0.6) is 0 Å². The van der Waals surface area contributed by atoms with Gasteiger partial charge in [-0.15, -0.1) is 0 Å². The van der Waals surface area contributed by atoms with Crippen molar-refractivity contribution in [1.82, 2.24) is 10.3 Å². The molecule has 1 unspecified atom stereocenters. The fourth-order valence-electron chi connectivity index (χ4n) is 4.27. The molecule has 3 aromatic carbocycles. The van der Waals surface area contributed by atoms with Crippen molar-refractivity contribution >= 4 is 16.8 Å². The number of alkyl halides is 3. The summed E-state index contributed by atoms with van der Waals surface area (Å²) in [5.74, 6) is -1.17. The molecule has 0 aliphatic carbocycles. The number of rotatable bonds is 7. The van der Waals surface area contributed by atoms with Gasteiger partial charge < -0.3 is 10.3 Å². The molecule has 0 saturated heterocycles. The van der Waals surface area contributed by atoms with Crippen LogP contribution in [0.1, 0.15) is 47.1 Å². The van der Waals surface area contributed by atoms with E-state index in [1.165, 1.54) is 24.3 Å². The minimum absolute atomic E-state index is 0.0196. The fourth-order valence-corrected chi connectivity index (χ4v) is 4.27. The van der Waals surface area contributed by atoms with Crippen LogP contribution < -0.4 is 5.32 Å². The highest BCUT2D eigenvalue weighted by Gasteiger charge is 2.30. The zero-order valence-electron chi connectivity index (χ0n) is 18.5. The third kappa shape index (κ3) is 5.14. The summed E-state index contributed by atoms with van der Waals surface area (Å²) >= 11 is 0. The Labute approximate surface area is 194 Å². The van der Waals surface area contributed by atoms with Gasteiger partial charge in [-0.1, -0.05) is 49.4 Å².